The third-order valence-electron chi connectivity index (χ3n) is 5.22. The molecule has 1 aromatic carbocycles. The highest BCUT2D eigenvalue weighted by atomic mass is 16.5. The van der Waals surface area contributed by atoms with Crippen LogP contribution < -0.4 is 10.1 Å². The van der Waals surface area contributed by atoms with Crippen molar-refractivity contribution in [2.45, 2.75) is 32.1 Å². The van der Waals surface area contributed by atoms with Crippen LogP contribution in [-0.4, -0.2) is 43.5 Å². The first-order chi connectivity index (χ1) is 11.7. The standard InChI is InChI=1S/C19H26N2O3/c1-24-17-5-2-14(3-6-17)12-15-8-10-21(11-9-15)19(23)16-4-7-18(22)20-13-16/h2-3,5-6,15-16H,4,7-13H2,1H3,(H,20,22)/t16-/m1/s1. The quantitative estimate of drug-likeness (QED) is 0.919. The van der Waals surface area contributed by atoms with Gasteiger partial charge in [-0.15, -0.1) is 0 Å². The summed E-state index contributed by atoms with van der Waals surface area (Å²) in [6.45, 7) is 2.18. The number of ether oxygens (including phenoxy) is 1. The predicted octanol–water partition coefficient (Wildman–Crippen LogP) is 2.00. The fourth-order valence-corrected chi connectivity index (χ4v) is 3.65. The molecule has 2 amide bonds. The van der Waals surface area contributed by atoms with Gasteiger partial charge in [-0.25, -0.2) is 0 Å². The second-order valence-electron chi connectivity index (χ2n) is 6.86. The van der Waals surface area contributed by atoms with Crippen LogP contribution >= 0.6 is 0 Å². The van der Waals surface area contributed by atoms with E-state index >= 15 is 0 Å². The molecule has 0 saturated carbocycles. The molecule has 3 rings (SSSR count). The van der Waals surface area contributed by atoms with Gasteiger partial charge in [-0.3, -0.25) is 9.59 Å². The number of nitrogens with zero attached hydrogens (tertiary/aromatic N) is 1. The average Bonchev–Trinajstić information content (AvgIpc) is 2.63. The summed E-state index contributed by atoms with van der Waals surface area (Å²) >= 11 is 0. The molecule has 1 atom stereocenters. The molecule has 2 heterocycles. The Morgan fingerprint density at radius 3 is 2.50 bits per heavy atom. The number of amides is 2. The molecule has 130 valence electrons. The normalized spacial score (nSPS) is 22.1. The lowest BCUT2D eigenvalue weighted by Crippen LogP contribution is -2.47. The summed E-state index contributed by atoms with van der Waals surface area (Å²) in [5.41, 5.74) is 1.33. The summed E-state index contributed by atoms with van der Waals surface area (Å²) in [7, 11) is 1.68. The lowest BCUT2D eigenvalue weighted by atomic mass is 9.89. The summed E-state index contributed by atoms with van der Waals surface area (Å²) in [6.07, 6.45) is 4.33. The highest BCUT2D eigenvalue weighted by Gasteiger charge is 2.30. The number of piperidine rings is 2. The van der Waals surface area contributed by atoms with Gasteiger partial charge in [0.25, 0.3) is 0 Å². The monoisotopic (exact) mass is 330 g/mol. The first-order valence-electron chi connectivity index (χ1n) is 8.84. The molecule has 2 aliphatic rings. The van der Waals surface area contributed by atoms with E-state index in [9.17, 15) is 9.59 Å². The summed E-state index contributed by atoms with van der Waals surface area (Å²) < 4.78 is 5.19. The van der Waals surface area contributed by atoms with Crippen molar-refractivity contribution < 1.29 is 14.3 Å². The van der Waals surface area contributed by atoms with Gasteiger partial charge in [0.15, 0.2) is 0 Å². The fourth-order valence-electron chi connectivity index (χ4n) is 3.65. The Bertz CT molecular complexity index is 567. The van der Waals surface area contributed by atoms with Crippen molar-refractivity contribution in [3.8, 4) is 5.75 Å². The first kappa shape index (κ1) is 16.8. The highest BCUT2D eigenvalue weighted by Crippen LogP contribution is 2.25. The van der Waals surface area contributed by atoms with Gasteiger partial charge in [0, 0.05) is 26.1 Å². The lowest BCUT2D eigenvalue weighted by molar-refractivity contribution is -0.138. The highest BCUT2D eigenvalue weighted by molar-refractivity contribution is 5.83. The maximum Gasteiger partial charge on any atom is 0.227 e. The van der Waals surface area contributed by atoms with Gasteiger partial charge in [-0.05, 0) is 49.3 Å². The Morgan fingerprint density at radius 1 is 1.21 bits per heavy atom. The van der Waals surface area contributed by atoms with Crippen LogP contribution in [0.25, 0.3) is 0 Å². The Balaban J connectivity index is 1.46. The number of benzene rings is 1. The maximum atomic E-state index is 12.6. The number of hydrogen-bond donors (Lipinski definition) is 1. The van der Waals surface area contributed by atoms with Gasteiger partial charge in [-0.1, -0.05) is 12.1 Å². The van der Waals surface area contributed by atoms with E-state index in [-0.39, 0.29) is 17.7 Å². The largest absolute Gasteiger partial charge is 0.497 e. The van der Waals surface area contributed by atoms with Gasteiger partial charge in [0.1, 0.15) is 5.75 Å². The third-order valence-corrected chi connectivity index (χ3v) is 5.22. The van der Waals surface area contributed by atoms with Gasteiger partial charge < -0.3 is 15.0 Å². The zero-order valence-corrected chi connectivity index (χ0v) is 14.3. The molecule has 5 nitrogen and oxygen atoms in total. The topological polar surface area (TPSA) is 58.6 Å². The van der Waals surface area contributed by atoms with E-state index in [0.29, 0.717) is 25.3 Å². The number of nitrogens with one attached hydrogen (secondary N) is 1. The molecule has 1 N–H and O–H groups in total. The number of methoxy groups -OCH3 is 1. The van der Waals surface area contributed by atoms with Crippen LogP contribution in [0.4, 0.5) is 0 Å². The molecule has 0 spiro atoms. The molecule has 0 unspecified atom stereocenters. The van der Waals surface area contributed by atoms with Crippen LogP contribution in [0.15, 0.2) is 24.3 Å². The molecule has 2 saturated heterocycles. The van der Waals surface area contributed by atoms with Gasteiger partial charge in [-0.2, -0.15) is 0 Å². The Hall–Kier alpha value is -2.04. The van der Waals surface area contributed by atoms with E-state index < -0.39 is 0 Å². The minimum absolute atomic E-state index is 0.0270. The number of hydrogen-bond acceptors (Lipinski definition) is 3. The zero-order valence-electron chi connectivity index (χ0n) is 14.3. The van der Waals surface area contributed by atoms with Crippen molar-refractivity contribution in [1.29, 1.82) is 0 Å². The van der Waals surface area contributed by atoms with Crippen molar-refractivity contribution in [3.63, 3.8) is 0 Å². The van der Waals surface area contributed by atoms with E-state index in [0.717, 1.165) is 38.1 Å². The van der Waals surface area contributed by atoms with E-state index in [1.807, 2.05) is 17.0 Å². The van der Waals surface area contributed by atoms with Crippen molar-refractivity contribution in [3.05, 3.63) is 29.8 Å². The fraction of sp³-hybridized carbons (Fsp3) is 0.579. The minimum atomic E-state index is -0.0270. The van der Waals surface area contributed by atoms with Crippen LogP contribution in [-0.2, 0) is 16.0 Å². The molecular formula is C19H26N2O3. The second kappa shape index (κ2) is 7.69. The Labute approximate surface area is 143 Å². The summed E-state index contributed by atoms with van der Waals surface area (Å²) in [5, 5.41) is 2.81. The van der Waals surface area contributed by atoms with Crippen molar-refractivity contribution in [2.75, 3.05) is 26.7 Å². The molecule has 0 aliphatic carbocycles. The first-order valence-corrected chi connectivity index (χ1v) is 8.84. The average molecular weight is 330 g/mol. The SMILES string of the molecule is COc1ccc(CC2CCN(C(=O)[C@@H]3CCC(=O)NC3)CC2)cc1. The zero-order chi connectivity index (χ0) is 16.9. The second-order valence-corrected chi connectivity index (χ2v) is 6.86. The number of likely N-dealkylation sites (tertiary alicyclic amines) is 1. The third kappa shape index (κ3) is 4.08. The molecule has 0 aromatic heterocycles. The predicted molar refractivity (Wildman–Crippen MR) is 91.7 cm³/mol. The van der Waals surface area contributed by atoms with Crippen LogP contribution in [0.5, 0.6) is 5.75 Å². The van der Waals surface area contributed by atoms with E-state index in [1.54, 1.807) is 7.11 Å². The minimum Gasteiger partial charge on any atom is -0.497 e. The number of carbonyl (C=O) groups excluding carboxylic acids is 2. The van der Waals surface area contributed by atoms with Gasteiger partial charge in [0.2, 0.25) is 11.8 Å². The van der Waals surface area contributed by atoms with Crippen LogP contribution in [0.2, 0.25) is 0 Å². The van der Waals surface area contributed by atoms with E-state index in [2.05, 4.69) is 17.4 Å². The summed E-state index contributed by atoms with van der Waals surface area (Å²) in [4.78, 5) is 25.8. The number of carbonyl (C=O) groups is 2. The molecule has 0 radical (unpaired) electrons. The molecule has 24 heavy (non-hydrogen) atoms. The molecule has 2 fully saturated rings. The molecule has 2 aliphatic heterocycles. The lowest BCUT2D eigenvalue weighted by Gasteiger charge is -2.35. The maximum absolute atomic E-state index is 12.6. The van der Waals surface area contributed by atoms with Crippen LogP contribution in [0, 0.1) is 11.8 Å². The summed E-state index contributed by atoms with van der Waals surface area (Å²) in [5.74, 6) is 1.78. The molecule has 5 heteroatoms. The van der Waals surface area contributed by atoms with Crippen molar-refractivity contribution in [2.24, 2.45) is 11.8 Å². The van der Waals surface area contributed by atoms with Crippen LogP contribution in [0.1, 0.15) is 31.2 Å². The Kier molecular flexibility index (Phi) is 5.38. The van der Waals surface area contributed by atoms with E-state index in [1.165, 1.54) is 5.56 Å². The van der Waals surface area contributed by atoms with Crippen molar-refractivity contribution in [1.82, 2.24) is 10.2 Å². The molecule has 1 aromatic rings. The van der Waals surface area contributed by atoms with Crippen LogP contribution in [0.3, 0.4) is 0 Å². The van der Waals surface area contributed by atoms with E-state index in [4.69, 9.17) is 4.74 Å². The molecule has 0 bridgehead atoms. The molecular weight excluding hydrogens is 304 g/mol. The van der Waals surface area contributed by atoms with Gasteiger partial charge in [0.05, 0.1) is 13.0 Å². The summed E-state index contributed by atoms with van der Waals surface area (Å²) in [6, 6.07) is 8.26. The smallest absolute Gasteiger partial charge is 0.227 e. The van der Waals surface area contributed by atoms with Crippen molar-refractivity contribution >= 4 is 11.8 Å². The Morgan fingerprint density at radius 2 is 1.92 bits per heavy atom. The van der Waals surface area contributed by atoms with Gasteiger partial charge >= 0.3 is 0 Å². The number of rotatable bonds is 4.